The van der Waals surface area contributed by atoms with Gasteiger partial charge in [0.05, 0.1) is 6.61 Å². The summed E-state index contributed by atoms with van der Waals surface area (Å²) in [5, 5.41) is 12.8. The third-order valence-electron chi connectivity index (χ3n) is 5.47. The van der Waals surface area contributed by atoms with Gasteiger partial charge in [-0.15, -0.1) is 0 Å². The van der Waals surface area contributed by atoms with Gasteiger partial charge < -0.3 is 10.4 Å². The van der Waals surface area contributed by atoms with E-state index in [-0.39, 0.29) is 24.0 Å². The summed E-state index contributed by atoms with van der Waals surface area (Å²) in [7, 11) is 0. The quantitative estimate of drug-likeness (QED) is 0.894. The lowest BCUT2D eigenvalue weighted by Crippen LogP contribution is -2.45. The van der Waals surface area contributed by atoms with Crippen molar-refractivity contribution < 1.29 is 9.90 Å². The number of aliphatic hydroxyl groups is 1. The van der Waals surface area contributed by atoms with Gasteiger partial charge in [-0.25, -0.2) is 0 Å². The number of benzene rings is 1. The van der Waals surface area contributed by atoms with Crippen molar-refractivity contribution in [1.82, 2.24) is 5.32 Å². The molecule has 114 valence electrons. The van der Waals surface area contributed by atoms with Crippen LogP contribution in [-0.4, -0.2) is 23.7 Å². The zero-order chi connectivity index (χ0) is 14.9. The summed E-state index contributed by atoms with van der Waals surface area (Å²) >= 11 is 0. The highest BCUT2D eigenvalue weighted by Gasteiger charge is 2.39. The van der Waals surface area contributed by atoms with E-state index in [1.165, 1.54) is 11.1 Å². The van der Waals surface area contributed by atoms with E-state index in [2.05, 4.69) is 36.5 Å². The summed E-state index contributed by atoms with van der Waals surface area (Å²) in [6.07, 6.45) is 5.83. The second kappa shape index (κ2) is 5.80. The highest BCUT2D eigenvalue weighted by atomic mass is 16.3. The molecule has 0 heterocycles. The zero-order valence-electron chi connectivity index (χ0n) is 12.8. The van der Waals surface area contributed by atoms with Crippen LogP contribution in [0.3, 0.4) is 0 Å². The molecule has 1 aromatic carbocycles. The molecule has 0 radical (unpaired) electrons. The van der Waals surface area contributed by atoms with Gasteiger partial charge in [0.15, 0.2) is 0 Å². The van der Waals surface area contributed by atoms with Crippen LogP contribution in [0, 0.1) is 5.41 Å². The molecule has 3 heteroatoms. The van der Waals surface area contributed by atoms with Crippen LogP contribution in [0.4, 0.5) is 0 Å². The minimum atomic E-state index is -0.136. The smallest absolute Gasteiger partial charge is 0.220 e. The van der Waals surface area contributed by atoms with Gasteiger partial charge in [0.1, 0.15) is 0 Å². The molecule has 2 aliphatic carbocycles. The van der Waals surface area contributed by atoms with E-state index in [1.807, 2.05) is 0 Å². The largest absolute Gasteiger partial charge is 0.396 e. The van der Waals surface area contributed by atoms with Crippen LogP contribution in [0.5, 0.6) is 0 Å². The molecule has 3 nitrogen and oxygen atoms in total. The monoisotopic (exact) mass is 287 g/mol. The van der Waals surface area contributed by atoms with E-state index in [4.69, 9.17) is 0 Å². The molecular weight excluding hydrogens is 262 g/mol. The molecule has 0 aromatic heterocycles. The Bertz CT molecular complexity index is 528. The van der Waals surface area contributed by atoms with E-state index in [0.29, 0.717) is 12.3 Å². The van der Waals surface area contributed by atoms with Crippen molar-refractivity contribution in [3.05, 3.63) is 35.4 Å². The molecule has 0 spiro atoms. The van der Waals surface area contributed by atoms with Crippen LogP contribution in [0.2, 0.25) is 0 Å². The maximum atomic E-state index is 12.4. The predicted octanol–water partition coefficient (Wildman–Crippen LogP) is 2.77. The van der Waals surface area contributed by atoms with Crippen LogP contribution in [0.25, 0.3) is 0 Å². The van der Waals surface area contributed by atoms with Gasteiger partial charge in [-0.2, -0.15) is 0 Å². The van der Waals surface area contributed by atoms with E-state index < -0.39 is 0 Å². The van der Waals surface area contributed by atoms with Gasteiger partial charge in [-0.1, -0.05) is 37.6 Å². The Hall–Kier alpha value is -1.35. The van der Waals surface area contributed by atoms with Gasteiger partial charge >= 0.3 is 0 Å². The molecule has 21 heavy (non-hydrogen) atoms. The number of aliphatic hydroxyl groups excluding tert-OH is 1. The summed E-state index contributed by atoms with van der Waals surface area (Å²) in [5.41, 5.74) is 2.61. The Balaban J connectivity index is 1.61. The molecule has 3 unspecified atom stereocenters. The highest BCUT2D eigenvalue weighted by Crippen LogP contribution is 2.38. The molecule has 2 aliphatic rings. The van der Waals surface area contributed by atoms with Gasteiger partial charge in [-0.3, -0.25) is 4.79 Å². The average molecular weight is 287 g/mol. The number of hydrogen-bond donors (Lipinski definition) is 2. The molecule has 1 saturated carbocycles. The molecule has 3 atom stereocenters. The first-order chi connectivity index (χ1) is 10.1. The van der Waals surface area contributed by atoms with Gasteiger partial charge in [-0.05, 0) is 42.7 Å². The van der Waals surface area contributed by atoms with Crippen molar-refractivity contribution >= 4 is 5.91 Å². The third-order valence-corrected chi connectivity index (χ3v) is 5.47. The number of hydrogen-bond acceptors (Lipinski definition) is 2. The molecule has 1 amide bonds. The number of rotatable bonds is 4. The summed E-state index contributed by atoms with van der Waals surface area (Å²) < 4.78 is 0. The maximum Gasteiger partial charge on any atom is 0.220 e. The Labute approximate surface area is 126 Å². The van der Waals surface area contributed by atoms with Crippen LogP contribution >= 0.6 is 0 Å². The molecule has 1 aromatic rings. The van der Waals surface area contributed by atoms with Crippen molar-refractivity contribution in [2.75, 3.05) is 6.61 Å². The van der Waals surface area contributed by atoms with Crippen LogP contribution in [-0.2, 0) is 11.2 Å². The minimum Gasteiger partial charge on any atom is -0.396 e. The second-order valence-electron chi connectivity index (χ2n) is 6.96. The fourth-order valence-corrected chi connectivity index (χ4v) is 4.00. The lowest BCUT2D eigenvalue weighted by molar-refractivity contribution is -0.123. The van der Waals surface area contributed by atoms with E-state index >= 15 is 0 Å². The van der Waals surface area contributed by atoms with Gasteiger partial charge in [0, 0.05) is 17.9 Å². The first-order valence-electron chi connectivity index (χ1n) is 8.10. The lowest BCUT2D eigenvalue weighted by atomic mass is 9.85. The van der Waals surface area contributed by atoms with Crippen LogP contribution in [0.1, 0.15) is 56.1 Å². The topological polar surface area (TPSA) is 49.3 Å². The number of carbonyl (C=O) groups is 1. The van der Waals surface area contributed by atoms with Gasteiger partial charge in [0.2, 0.25) is 5.91 Å². The third kappa shape index (κ3) is 2.84. The highest BCUT2D eigenvalue weighted by molar-refractivity contribution is 5.77. The molecule has 0 bridgehead atoms. The van der Waals surface area contributed by atoms with Crippen molar-refractivity contribution in [3.63, 3.8) is 0 Å². The Morgan fingerprint density at radius 1 is 1.38 bits per heavy atom. The molecule has 0 saturated heterocycles. The standard InChI is InChI=1S/C18H25NO2/c1-18(12-20)10-4-7-16(18)19-17(21)11-14-9-8-13-5-2-3-6-15(13)14/h2-3,5-6,14,16,20H,4,7-12H2,1H3,(H,19,21). The zero-order valence-corrected chi connectivity index (χ0v) is 12.8. The normalized spacial score (nSPS) is 31.1. The van der Waals surface area contributed by atoms with Crippen molar-refractivity contribution in [2.24, 2.45) is 5.41 Å². The molecular formula is C18H25NO2. The summed E-state index contributed by atoms with van der Waals surface area (Å²) in [6.45, 7) is 2.24. The number of fused-ring (bicyclic) bond motifs is 1. The van der Waals surface area contributed by atoms with Gasteiger partial charge in [0.25, 0.3) is 0 Å². The Kier molecular flexibility index (Phi) is 4.03. The Morgan fingerprint density at radius 2 is 2.19 bits per heavy atom. The van der Waals surface area contributed by atoms with Crippen molar-refractivity contribution in [3.8, 4) is 0 Å². The molecule has 0 aliphatic heterocycles. The summed E-state index contributed by atoms with van der Waals surface area (Å²) in [5.74, 6) is 0.506. The fourth-order valence-electron chi connectivity index (χ4n) is 4.00. The molecule has 3 rings (SSSR count). The van der Waals surface area contributed by atoms with Crippen molar-refractivity contribution in [1.29, 1.82) is 0 Å². The average Bonchev–Trinajstić information content (AvgIpc) is 3.05. The van der Waals surface area contributed by atoms with E-state index in [0.717, 1.165) is 32.1 Å². The molecule has 1 fully saturated rings. The first-order valence-corrected chi connectivity index (χ1v) is 8.10. The van der Waals surface area contributed by atoms with E-state index in [9.17, 15) is 9.90 Å². The predicted molar refractivity (Wildman–Crippen MR) is 83.1 cm³/mol. The number of carbonyl (C=O) groups excluding carboxylic acids is 1. The van der Waals surface area contributed by atoms with Crippen LogP contribution in [0.15, 0.2) is 24.3 Å². The molecule has 2 N–H and O–H groups in total. The summed E-state index contributed by atoms with van der Waals surface area (Å²) in [4.78, 5) is 12.4. The number of aryl methyl sites for hydroxylation is 1. The lowest BCUT2D eigenvalue weighted by Gasteiger charge is -2.30. The second-order valence-corrected chi connectivity index (χ2v) is 6.96. The van der Waals surface area contributed by atoms with Crippen molar-refractivity contribution in [2.45, 2.75) is 57.4 Å². The number of amides is 1. The Morgan fingerprint density at radius 3 is 3.00 bits per heavy atom. The minimum absolute atomic E-state index is 0.131. The number of nitrogens with one attached hydrogen (secondary N) is 1. The van der Waals surface area contributed by atoms with Crippen LogP contribution < -0.4 is 5.32 Å². The maximum absolute atomic E-state index is 12.4. The summed E-state index contributed by atoms with van der Waals surface area (Å²) in [6, 6.07) is 8.61. The fraction of sp³-hybridized carbons (Fsp3) is 0.611. The SMILES string of the molecule is CC1(CO)CCCC1NC(=O)CC1CCc2ccccc21. The van der Waals surface area contributed by atoms with E-state index in [1.54, 1.807) is 0 Å². The first kappa shape index (κ1) is 14.6.